The molecule has 2 aliphatic heterocycles. The van der Waals surface area contributed by atoms with E-state index in [0.717, 1.165) is 16.9 Å². The number of amides is 3. The number of nitrogens with one attached hydrogen (secondary N) is 3. The van der Waals surface area contributed by atoms with E-state index in [1.54, 1.807) is 14.0 Å². The fourth-order valence-electron chi connectivity index (χ4n) is 5.14. The number of aryl methyl sites for hydroxylation is 1. The third-order valence-electron chi connectivity index (χ3n) is 8.23. The lowest BCUT2D eigenvalue weighted by atomic mass is 9.95. The molecule has 5 rings (SSSR count). The second kappa shape index (κ2) is 19.5. The van der Waals surface area contributed by atoms with Gasteiger partial charge in [-0.05, 0) is 43.5 Å². The Morgan fingerprint density at radius 1 is 0.840 bits per heavy atom. The summed E-state index contributed by atoms with van der Waals surface area (Å²) in [6.07, 6.45) is 0.297. The first kappa shape index (κ1) is 38.2. The van der Waals surface area contributed by atoms with Crippen molar-refractivity contribution in [2.75, 3.05) is 59.7 Å². The van der Waals surface area contributed by atoms with Gasteiger partial charge >= 0.3 is 0 Å². The zero-order valence-electron chi connectivity index (χ0n) is 29.0. The first-order valence-corrected chi connectivity index (χ1v) is 16.8. The Morgan fingerprint density at radius 3 is 2.04 bits per heavy atom. The molecule has 12 nitrogen and oxygen atoms in total. The molecular weight excluding hydrogens is 640 g/mol. The van der Waals surface area contributed by atoms with Crippen molar-refractivity contribution in [1.82, 2.24) is 20.9 Å². The maximum Gasteiger partial charge on any atom is 0.245 e. The minimum Gasteiger partial charge on any atom is -0.497 e. The van der Waals surface area contributed by atoms with Crippen LogP contribution in [0.5, 0.6) is 5.75 Å². The van der Waals surface area contributed by atoms with E-state index in [2.05, 4.69) is 22.9 Å². The maximum absolute atomic E-state index is 13.1. The molecule has 2 saturated heterocycles. The van der Waals surface area contributed by atoms with E-state index in [-0.39, 0.29) is 38.0 Å². The van der Waals surface area contributed by atoms with Gasteiger partial charge in [-0.3, -0.25) is 24.1 Å². The summed E-state index contributed by atoms with van der Waals surface area (Å²) in [5.74, 6) is -0.720. The third-order valence-corrected chi connectivity index (χ3v) is 8.23. The predicted molar refractivity (Wildman–Crippen MR) is 187 cm³/mol. The van der Waals surface area contributed by atoms with Gasteiger partial charge in [0.2, 0.25) is 17.7 Å². The average Bonchev–Trinajstić information content (AvgIpc) is 3.89. The summed E-state index contributed by atoms with van der Waals surface area (Å²) >= 11 is 0. The Kier molecular flexibility index (Phi) is 14.9. The van der Waals surface area contributed by atoms with Crippen molar-refractivity contribution in [2.45, 2.75) is 44.6 Å². The van der Waals surface area contributed by atoms with Crippen LogP contribution in [0.3, 0.4) is 0 Å². The van der Waals surface area contributed by atoms with Crippen LogP contribution in [0.2, 0.25) is 0 Å². The third kappa shape index (κ3) is 13.0. The molecule has 0 saturated carbocycles. The predicted octanol–water partition coefficient (Wildman–Crippen LogP) is 2.23. The van der Waals surface area contributed by atoms with Crippen LogP contribution in [0.25, 0.3) is 0 Å². The van der Waals surface area contributed by atoms with Crippen molar-refractivity contribution >= 4 is 23.5 Å². The molecule has 268 valence electrons. The zero-order chi connectivity index (χ0) is 35.8. The summed E-state index contributed by atoms with van der Waals surface area (Å²) in [5, 5.41) is 8.06. The number of carbonyl (C=O) groups is 4. The molecule has 2 unspecified atom stereocenters. The van der Waals surface area contributed by atoms with Gasteiger partial charge in [0, 0.05) is 13.1 Å². The first-order valence-electron chi connectivity index (χ1n) is 16.8. The van der Waals surface area contributed by atoms with Crippen LogP contribution in [0.4, 0.5) is 0 Å². The van der Waals surface area contributed by atoms with E-state index < -0.39 is 29.5 Å². The number of ketones is 1. The average molecular weight is 689 g/mol. The first-order chi connectivity index (χ1) is 24.1. The van der Waals surface area contributed by atoms with Gasteiger partial charge in [-0.15, -0.1) is 0 Å². The Labute approximate surface area is 293 Å². The molecule has 2 fully saturated rings. The molecule has 0 spiro atoms. The topological polar surface area (TPSA) is 148 Å². The van der Waals surface area contributed by atoms with Crippen molar-refractivity contribution in [3.63, 3.8) is 0 Å². The van der Waals surface area contributed by atoms with Gasteiger partial charge in [0.1, 0.15) is 17.4 Å². The highest BCUT2D eigenvalue weighted by Gasteiger charge is 2.50. The summed E-state index contributed by atoms with van der Waals surface area (Å²) in [5.41, 5.74) is 2.16. The summed E-state index contributed by atoms with van der Waals surface area (Å²) in [6.45, 7) is 6.33. The smallest absolute Gasteiger partial charge is 0.245 e. The second-order valence-corrected chi connectivity index (χ2v) is 12.4. The van der Waals surface area contributed by atoms with Gasteiger partial charge in [0.15, 0.2) is 5.78 Å². The van der Waals surface area contributed by atoms with E-state index in [9.17, 15) is 19.2 Å². The van der Waals surface area contributed by atoms with E-state index in [0.29, 0.717) is 39.3 Å². The summed E-state index contributed by atoms with van der Waals surface area (Å²) in [6, 6.07) is 25.0. The van der Waals surface area contributed by atoms with Gasteiger partial charge in [0.25, 0.3) is 0 Å². The number of hydrogen-bond acceptors (Lipinski definition) is 9. The summed E-state index contributed by atoms with van der Waals surface area (Å²) in [7, 11) is 1.67. The van der Waals surface area contributed by atoms with Crippen molar-refractivity contribution in [2.24, 2.45) is 0 Å². The number of rotatable bonds is 16. The Hall–Kier alpha value is -4.62. The monoisotopic (exact) mass is 688 g/mol. The molecule has 3 atom stereocenters. The van der Waals surface area contributed by atoms with E-state index in [4.69, 9.17) is 18.9 Å². The lowest BCUT2D eigenvalue weighted by Crippen LogP contribution is -2.55. The van der Waals surface area contributed by atoms with Gasteiger partial charge in [-0.25, -0.2) is 0 Å². The fraction of sp³-hybridized carbons (Fsp3) is 0.421. The number of benzene rings is 3. The molecule has 3 aromatic carbocycles. The number of ether oxygens (including phenoxy) is 4. The molecule has 2 heterocycles. The van der Waals surface area contributed by atoms with Crippen molar-refractivity contribution in [3.8, 4) is 5.75 Å². The largest absolute Gasteiger partial charge is 0.497 e. The molecule has 12 heteroatoms. The fourth-order valence-corrected chi connectivity index (χ4v) is 5.14. The van der Waals surface area contributed by atoms with Crippen LogP contribution in [-0.4, -0.2) is 106 Å². The van der Waals surface area contributed by atoms with Gasteiger partial charge in [0.05, 0.1) is 59.3 Å². The van der Waals surface area contributed by atoms with Crippen LogP contribution in [-0.2, 0) is 46.4 Å². The Balaban J connectivity index is 0.000000541. The Morgan fingerprint density at radius 2 is 1.44 bits per heavy atom. The number of epoxide rings is 1. The molecule has 0 aromatic heterocycles. The molecule has 0 radical (unpaired) electrons. The molecule has 3 aromatic rings. The molecule has 50 heavy (non-hydrogen) atoms. The second-order valence-electron chi connectivity index (χ2n) is 12.4. The van der Waals surface area contributed by atoms with Gasteiger partial charge in [-0.1, -0.05) is 78.4 Å². The Bertz CT molecular complexity index is 1510. The highest BCUT2D eigenvalue weighted by molar-refractivity contribution is 5.97. The molecule has 0 aliphatic carbocycles. The normalized spacial score (nSPS) is 18.0. The number of nitrogens with zero attached hydrogens (tertiary/aromatic N) is 1. The van der Waals surface area contributed by atoms with Gasteiger partial charge < -0.3 is 34.9 Å². The quantitative estimate of drug-likeness (QED) is 0.193. The zero-order valence-corrected chi connectivity index (χ0v) is 29.0. The van der Waals surface area contributed by atoms with Crippen molar-refractivity contribution < 1.29 is 38.1 Å². The number of morpholine rings is 1. The SMILES string of the molecule is COc1ccc(C)cc1.C[C@]1(C(=O)C(Cc2ccccc2)NC(=O)CNC(=O)C(COCc2ccccc2)NC(=O)CN2CCOCC2)CO1. The lowest BCUT2D eigenvalue weighted by molar-refractivity contribution is -0.133. The van der Waals surface area contributed by atoms with Crippen LogP contribution in [0.15, 0.2) is 84.9 Å². The summed E-state index contributed by atoms with van der Waals surface area (Å²) in [4.78, 5) is 53.7. The van der Waals surface area contributed by atoms with Crippen molar-refractivity contribution in [3.05, 3.63) is 102 Å². The minimum absolute atomic E-state index is 0.0813. The van der Waals surface area contributed by atoms with Gasteiger partial charge in [-0.2, -0.15) is 0 Å². The summed E-state index contributed by atoms with van der Waals surface area (Å²) < 4.78 is 21.3. The molecule has 3 amide bonds. The minimum atomic E-state index is -1.01. The highest BCUT2D eigenvalue weighted by atomic mass is 16.6. The van der Waals surface area contributed by atoms with E-state index >= 15 is 0 Å². The van der Waals surface area contributed by atoms with E-state index in [1.807, 2.05) is 89.8 Å². The number of carbonyl (C=O) groups excluding carboxylic acids is 4. The number of methoxy groups -OCH3 is 1. The molecule has 0 bridgehead atoms. The number of Topliss-reactive ketones (excluding diaryl/α,β-unsaturated/α-hetero) is 1. The molecule has 2 aliphatic rings. The van der Waals surface area contributed by atoms with Crippen LogP contribution in [0, 0.1) is 6.92 Å². The van der Waals surface area contributed by atoms with Crippen molar-refractivity contribution in [1.29, 1.82) is 0 Å². The number of hydrogen-bond donors (Lipinski definition) is 3. The lowest BCUT2D eigenvalue weighted by Gasteiger charge is -2.27. The van der Waals surface area contributed by atoms with Crippen LogP contribution in [0.1, 0.15) is 23.6 Å². The van der Waals surface area contributed by atoms with Crippen LogP contribution < -0.4 is 20.7 Å². The van der Waals surface area contributed by atoms with E-state index in [1.165, 1.54) is 5.56 Å². The van der Waals surface area contributed by atoms with Crippen LogP contribution >= 0.6 is 0 Å². The highest BCUT2D eigenvalue weighted by Crippen LogP contribution is 2.29. The molecular formula is C38H48N4O8. The maximum atomic E-state index is 13.1. The molecule has 3 N–H and O–H groups in total. The standard InChI is InChI=1S/C30H38N4O7.C8H10O/c1-30(21-41-30)28(37)24(16-22-8-4-2-5-9-22)32-26(35)17-31-29(38)25(20-40-19-23-10-6-3-7-11-23)33-27(36)18-34-12-14-39-15-13-34;1-7-3-5-8(9-2)6-4-7/h2-11,24-25H,12-21H2,1H3,(H,31,38)(H,32,35)(H,33,36);3-6H,1-2H3/t24?,25?,30-;/m1./s1.